The van der Waals surface area contributed by atoms with Gasteiger partial charge in [0.2, 0.25) is 5.91 Å². The first kappa shape index (κ1) is 19.2. The minimum absolute atomic E-state index is 0.196. The molecule has 2 aromatic carbocycles. The molecular weight excluding hydrogens is 366 g/mol. The lowest BCUT2D eigenvalue weighted by Crippen LogP contribution is -2.33. The Morgan fingerprint density at radius 3 is 2.43 bits per heavy atom. The van der Waals surface area contributed by atoms with Crippen LogP contribution >= 0.6 is 0 Å². The summed E-state index contributed by atoms with van der Waals surface area (Å²) in [6.45, 7) is 0.225. The van der Waals surface area contributed by atoms with E-state index in [1.807, 2.05) is 30.3 Å². The van der Waals surface area contributed by atoms with Crippen molar-refractivity contribution in [3.05, 3.63) is 83.6 Å². The van der Waals surface area contributed by atoms with Gasteiger partial charge in [-0.05, 0) is 24.1 Å². The van der Waals surface area contributed by atoms with E-state index in [1.54, 1.807) is 16.9 Å². The summed E-state index contributed by atoms with van der Waals surface area (Å²) in [7, 11) is 0. The minimum atomic E-state index is -0.864. The van der Waals surface area contributed by atoms with E-state index in [2.05, 4.69) is 15.7 Å². The maximum atomic E-state index is 13.2. The maximum Gasteiger partial charge on any atom is 0.251 e. The summed E-state index contributed by atoms with van der Waals surface area (Å²) in [5.41, 5.74) is 0.947. The minimum Gasteiger partial charge on any atom is -0.343 e. The highest BCUT2D eigenvalue weighted by Crippen LogP contribution is 2.10. The van der Waals surface area contributed by atoms with Crippen LogP contribution < -0.4 is 10.6 Å². The first-order valence-corrected chi connectivity index (χ1v) is 8.61. The van der Waals surface area contributed by atoms with Crippen LogP contribution in [0.25, 0.3) is 0 Å². The molecule has 0 bridgehead atoms. The van der Waals surface area contributed by atoms with Gasteiger partial charge in [0.25, 0.3) is 5.91 Å². The third-order valence-electron chi connectivity index (χ3n) is 3.97. The fourth-order valence-electron chi connectivity index (χ4n) is 2.63. The van der Waals surface area contributed by atoms with Crippen LogP contribution in [0.3, 0.4) is 0 Å². The van der Waals surface area contributed by atoms with Gasteiger partial charge in [-0.15, -0.1) is 0 Å². The van der Waals surface area contributed by atoms with Crippen LogP contribution in [0.15, 0.2) is 60.8 Å². The lowest BCUT2D eigenvalue weighted by Gasteiger charge is -2.10. The second-order valence-corrected chi connectivity index (χ2v) is 6.06. The lowest BCUT2D eigenvalue weighted by molar-refractivity contribution is -0.115. The molecule has 2 amide bonds. The van der Waals surface area contributed by atoms with Crippen LogP contribution in [-0.4, -0.2) is 28.1 Å². The summed E-state index contributed by atoms with van der Waals surface area (Å²) in [4.78, 5) is 24.0. The Kier molecular flexibility index (Phi) is 6.11. The summed E-state index contributed by atoms with van der Waals surface area (Å²) >= 11 is 0. The quantitative estimate of drug-likeness (QED) is 0.658. The van der Waals surface area contributed by atoms with Crippen LogP contribution in [0.1, 0.15) is 15.9 Å². The number of amides is 2. The number of aryl methyl sites for hydroxylation is 2. The standard InChI is InChI=1S/C20H18F2N4O2/c21-16-10-15(11-17(22)12-16)20(28)23-13-19(27)25-18-6-8-24-26(18)9-7-14-4-2-1-3-5-14/h1-6,8,10-12H,7,9,13H2,(H,23,28)(H,25,27). The third kappa shape index (κ3) is 5.23. The Bertz CT molecular complexity index is 953. The highest BCUT2D eigenvalue weighted by atomic mass is 19.1. The molecule has 3 aromatic rings. The highest BCUT2D eigenvalue weighted by molar-refractivity contribution is 5.99. The van der Waals surface area contributed by atoms with E-state index in [-0.39, 0.29) is 12.1 Å². The molecular formula is C20H18F2N4O2. The first-order chi connectivity index (χ1) is 13.5. The van der Waals surface area contributed by atoms with E-state index in [4.69, 9.17) is 0 Å². The van der Waals surface area contributed by atoms with Crippen LogP contribution in [0.5, 0.6) is 0 Å². The summed E-state index contributed by atoms with van der Waals surface area (Å²) in [5, 5.41) is 9.16. The molecule has 6 nitrogen and oxygen atoms in total. The van der Waals surface area contributed by atoms with Gasteiger partial charge in [0.05, 0.1) is 12.7 Å². The van der Waals surface area contributed by atoms with Crippen molar-refractivity contribution in [1.82, 2.24) is 15.1 Å². The molecule has 0 saturated carbocycles. The molecule has 2 N–H and O–H groups in total. The second kappa shape index (κ2) is 8.90. The Balaban J connectivity index is 1.52. The zero-order chi connectivity index (χ0) is 19.9. The predicted molar refractivity (Wildman–Crippen MR) is 99.7 cm³/mol. The molecule has 0 unspecified atom stereocenters. The van der Waals surface area contributed by atoms with Crippen LogP contribution in [0.2, 0.25) is 0 Å². The molecule has 3 rings (SSSR count). The van der Waals surface area contributed by atoms with Gasteiger partial charge in [0.15, 0.2) is 0 Å². The van der Waals surface area contributed by atoms with E-state index in [0.29, 0.717) is 18.4 Å². The largest absolute Gasteiger partial charge is 0.343 e. The van der Waals surface area contributed by atoms with Crippen molar-refractivity contribution in [2.75, 3.05) is 11.9 Å². The zero-order valence-electron chi connectivity index (χ0n) is 14.9. The molecule has 0 spiro atoms. The van der Waals surface area contributed by atoms with Crippen LogP contribution in [-0.2, 0) is 17.8 Å². The number of nitrogens with zero attached hydrogens (tertiary/aromatic N) is 2. The fourth-order valence-corrected chi connectivity index (χ4v) is 2.63. The highest BCUT2D eigenvalue weighted by Gasteiger charge is 2.12. The van der Waals surface area contributed by atoms with Crippen LogP contribution in [0, 0.1) is 11.6 Å². The number of carbonyl (C=O) groups excluding carboxylic acids is 2. The molecule has 8 heteroatoms. The van der Waals surface area contributed by atoms with Crippen LogP contribution in [0.4, 0.5) is 14.6 Å². The smallest absolute Gasteiger partial charge is 0.251 e. The van der Waals surface area contributed by atoms with Gasteiger partial charge in [0, 0.05) is 24.2 Å². The summed E-state index contributed by atoms with van der Waals surface area (Å²) < 4.78 is 28.0. The normalized spacial score (nSPS) is 10.5. The average molecular weight is 384 g/mol. The van der Waals surface area contributed by atoms with E-state index >= 15 is 0 Å². The van der Waals surface area contributed by atoms with Crippen molar-refractivity contribution in [2.24, 2.45) is 0 Å². The van der Waals surface area contributed by atoms with E-state index in [1.165, 1.54) is 0 Å². The molecule has 144 valence electrons. The first-order valence-electron chi connectivity index (χ1n) is 8.61. The van der Waals surface area contributed by atoms with Crippen molar-refractivity contribution in [3.63, 3.8) is 0 Å². The van der Waals surface area contributed by atoms with Crippen molar-refractivity contribution >= 4 is 17.6 Å². The number of aromatic nitrogens is 2. The predicted octanol–water partition coefficient (Wildman–Crippen LogP) is 2.77. The van der Waals surface area contributed by atoms with Gasteiger partial charge in [-0.2, -0.15) is 5.10 Å². The number of nitrogens with one attached hydrogen (secondary N) is 2. The van der Waals surface area contributed by atoms with Gasteiger partial charge in [-0.1, -0.05) is 30.3 Å². The second-order valence-electron chi connectivity index (χ2n) is 6.06. The SMILES string of the molecule is O=C(CNC(=O)c1cc(F)cc(F)c1)Nc1ccnn1CCc1ccccc1. The average Bonchev–Trinajstić information content (AvgIpc) is 3.11. The molecule has 0 aliphatic rings. The number of halogens is 2. The summed E-state index contributed by atoms with van der Waals surface area (Å²) in [6, 6.07) is 14.0. The topological polar surface area (TPSA) is 76.0 Å². The molecule has 0 saturated heterocycles. The van der Waals surface area contributed by atoms with Crippen molar-refractivity contribution in [3.8, 4) is 0 Å². The van der Waals surface area contributed by atoms with Gasteiger partial charge in [-0.25, -0.2) is 13.5 Å². The molecule has 28 heavy (non-hydrogen) atoms. The monoisotopic (exact) mass is 384 g/mol. The molecule has 0 fully saturated rings. The number of benzene rings is 2. The molecule has 0 atom stereocenters. The van der Waals surface area contributed by atoms with E-state index in [9.17, 15) is 18.4 Å². The Morgan fingerprint density at radius 2 is 1.71 bits per heavy atom. The van der Waals surface area contributed by atoms with Gasteiger partial charge < -0.3 is 10.6 Å². The Labute approximate surface area is 160 Å². The third-order valence-corrected chi connectivity index (χ3v) is 3.97. The Hall–Kier alpha value is -3.55. The number of carbonyl (C=O) groups is 2. The summed E-state index contributed by atoms with van der Waals surface area (Å²) in [6.07, 6.45) is 2.31. The van der Waals surface area contributed by atoms with Gasteiger partial charge in [0.1, 0.15) is 17.5 Å². The van der Waals surface area contributed by atoms with Gasteiger partial charge in [-0.3, -0.25) is 9.59 Å². The van der Waals surface area contributed by atoms with E-state index < -0.39 is 23.4 Å². The fraction of sp³-hybridized carbons (Fsp3) is 0.150. The number of hydrogen-bond donors (Lipinski definition) is 2. The van der Waals surface area contributed by atoms with E-state index in [0.717, 1.165) is 24.1 Å². The van der Waals surface area contributed by atoms with Crippen molar-refractivity contribution in [2.45, 2.75) is 13.0 Å². The Morgan fingerprint density at radius 1 is 1.00 bits per heavy atom. The molecule has 1 aromatic heterocycles. The molecule has 0 aliphatic carbocycles. The molecule has 0 aliphatic heterocycles. The number of hydrogen-bond acceptors (Lipinski definition) is 3. The van der Waals surface area contributed by atoms with Crippen molar-refractivity contribution in [1.29, 1.82) is 0 Å². The molecule has 0 radical (unpaired) electrons. The number of rotatable bonds is 7. The van der Waals surface area contributed by atoms with Crippen molar-refractivity contribution < 1.29 is 18.4 Å². The molecule has 1 heterocycles. The maximum absolute atomic E-state index is 13.2. The van der Waals surface area contributed by atoms with Gasteiger partial charge >= 0.3 is 0 Å². The number of anilines is 1. The zero-order valence-corrected chi connectivity index (χ0v) is 14.9. The summed E-state index contributed by atoms with van der Waals surface area (Å²) in [5.74, 6) is -2.46. The lowest BCUT2D eigenvalue weighted by atomic mass is 10.1.